The van der Waals surface area contributed by atoms with E-state index in [-0.39, 0.29) is 5.75 Å². The fraction of sp³-hybridized carbons (Fsp3) is 0.500. The maximum Gasteiger partial charge on any atom is 0.298 e. The molecule has 0 bridgehead atoms. The molecule has 1 atom stereocenters. The summed E-state index contributed by atoms with van der Waals surface area (Å²) in [4.78, 5) is 6.39. The van der Waals surface area contributed by atoms with Crippen molar-refractivity contribution in [3.63, 3.8) is 0 Å². The molecule has 144 valence electrons. The Morgan fingerprint density at radius 2 is 2.12 bits per heavy atom. The van der Waals surface area contributed by atoms with Crippen molar-refractivity contribution in [2.45, 2.75) is 32.9 Å². The summed E-state index contributed by atoms with van der Waals surface area (Å²) in [6, 6.07) is 8.13. The third-order valence-electron chi connectivity index (χ3n) is 3.97. The number of nitrogens with one attached hydrogen (secondary N) is 1. The summed E-state index contributed by atoms with van der Waals surface area (Å²) in [5.41, 5.74) is 2.59. The SMILES string of the molecule is CC/C=C(\CC(NS(=O)(=O)CC)OC)CN(C)c1nc2ccccc2o1. The Morgan fingerprint density at radius 1 is 1.38 bits per heavy atom. The Labute approximate surface area is 155 Å². The molecule has 1 aromatic heterocycles. The van der Waals surface area contributed by atoms with Gasteiger partial charge in [-0.15, -0.1) is 0 Å². The van der Waals surface area contributed by atoms with Crippen LogP contribution in [0.2, 0.25) is 0 Å². The number of hydrogen-bond donors (Lipinski definition) is 1. The van der Waals surface area contributed by atoms with Crippen LogP contribution in [0.15, 0.2) is 40.3 Å². The topological polar surface area (TPSA) is 84.7 Å². The first-order chi connectivity index (χ1) is 12.4. The van der Waals surface area contributed by atoms with Crippen LogP contribution < -0.4 is 9.62 Å². The smallest absolute Gasteiger partial charge is 0.298 e. The first-order valence-electron chi connectivity index (χ1n) is 8.66. The van der Waals surface area contributed by atoms with Crippen molar-refractivity contribution in [1.82, 2.24) is 9.71 Å². The maximum absolute atomic E-state index is 11.8. The van der Waals surface area contributed by atoms with Crippen molar-refractivity contribution >= 4 is 27.1 Å². The molecule has 0 aliphatic rings. The summed E-state index contributed by atoms with van der Waals surface area (Å²) < 4.78 is 37.3. The van der Waals surface area contributed by atoms with Gasteiger partial charge in [0.2, 0.25) is 10.0 Å². The molecule has 1 aromatic carbocycles. The molecule has 26 heavy (non-hydrogen) atoms. The molecule has 1 unspecified atom stereocenters. The monoisotopic (exact) mass is 381 g/mol. The number of hydrogen-bond acceptors (Lipinski definition) is 6. The summed E-state index contributed by atoms with van der Waals surface area (Å²) in [6.45, 7) is 4.20. The minimum atomic E-state index is -3.34. The minimum Gasteiger partial charge on any atom is -0.423 e. The van der Waals surface area contributed by atoms with Crippen LogP contribution in [0.1, 0.15) is 26.7 Å². The van der Waals surface area contributed by atoms with Crippen molar-refractivity contribution < 1.29 is 17.6 Å². The standard InChI is InChI=1S/C18H27N3O4S/c1-5-9-14(12-17(24-4)20-26(22,23)6-2)13-21(3)18-19-15-10-7-8-11-16(15)25-18/h7-11,17,20H,5-6,12-13H2,1-4H3/b14-9+. The number of nitrogens with zero attached hydrogens (tertiary/aromatic N) is 2. The lowest BCUT2D eigenvalue weighted by atomic mass is 10.1. The molecule has 0 saturated heterocycles. The van der Waals surface area contributed by atoms with Crippen LogP contribution in [-0.2, 0) is 14.8 Å². The van der Waals surface area contributed by atoms with Gasteiger partial charge in [0.15, 0.2) is 5.58 Å². The molecule has 7 nitrogen and oxygen atoms in total. The number of methoxy groups -OCH3 is 1. The van der Waals surface area contributed by atoms with E-state index in [0.717, 1.165) is 23.1 Å². The number of likely N-dealkylation sites (N-methyl/N-ethyl adjacent to an activating group) is 1. The van der Waals surface area contributed by atoms with Crippen molar-refractivity contribution in [2.24, 2.45) is 0 Å². The second-order valence-corrected chi connectivity index (χ2v) is 8.08. The highest BCUT2D eigenvalue weighted by Gasteiger charge is 2.19. The second kappa shape index (κ2) is 9.16. The van der Waals surface area contributed by atoms with E-state index in [4.69, 9.17) is 9.15 Å². The van der Waals surface area contributed by atoms with Crippen LogP contribution in [0.3, 0.4) is 0 Å². The van der Waals surface area contributed by atoms with Gasteiger partial charge in [-0.3, -0.25) is 0 Å². The van der Waals surface area contributed by atoms with Crippen molar-refractivity contribution in [2.75, 3.05) is 31.4 Å². The predicted molar refractivity (Wildman–Crippen MR) is 104 cm³/mol. The summed E-state index contributed by atoms with van der Waals surface area (Å²) >= 11 is 0. The fourth-order valence-corrected chi connectivity index (χ4v) is 3.34. The number of para-hydroxylation sites is 2. The van der Waals surface area contributed by atoms with Gasteiger partial charge in [-0.05, 0) is 25.5 Å². The normalized spacial score (nSPS) is 13.9. The van der Waals surface area contributed by atoms with Crippen LogP contribution in [0.25, 0.3) is 11.1 Å². The van der Waals surface area contributed by atoms with E-state index in [0.29, 0.717) is 19.0 Å². The van der Waals surface area contributed by atoms with E-state index in [1.165, 1.54) is 7.11 Å². The minimum absolute atomic E-state index is 0.0164. The lowest BCUT2D eigenvalue weighted by molar-refractivity contribution is 0.0937. The molecule has 0 aliphatic carbocycles. The van der Waals surface area contributed by atoms with E-state index in [1.54, 1.807) is 6.92 Å². The number of allylic oxidation sites excluding steroid dienone is 1. The van der Waals surface area contributed by atoms with Gasteiger partial charge >= 0.3 is 0 Å². The number of rotatable bonds is 10. The first kappa shape index (κ1) is 20.4. The Bertz CT molecular complexity index is 812. The molecule has 0 aliphatic heterocycles. The van der Waals surface area contributed by atoms with Crippen LogP contribution in [0, 0.1) is 0 Å². The summed E-state index contributed by atoms with van der Waals surface area (Å²) in [5, 5.41) is 0. The van der Waals surface area contributed by atoms with Crippen LogP contribution in [0.4, 0.5) is 6.01 Å². The zero-order valence-corrected chi connectivity index (χ0v) is 16.5. The highest BCUT2D eigenvalue weighted by atomic mass is 32.2. The van der Waals surface area contributed by atoms with E-state index in [2.05, 4.69) is 15.8 Å². The van der Waals surface area contributed by atoms with E-state index in [1.807, 2.05) is 43.1 Å². The third-order valence-corrected chi connectivity index (χ3v) is 5.35. The molecule has 0 saturated carbocycles. The number of fused-ring (bicyclic) bond motifs is 1. The fourth-order valence-electron chi connectivity index (χ4n) is 2.59. The number of benzene rings is 1. The Balaban J connectivity index is 2.10. The van der Waals surface area contributed by atoms with Gasteiger partial charge in [-0.1, -0.05) is 30.7 Å². The molecule has 0 spiro atoms. The lowest BCUT2D eigenvalue weighted by Gasteiger charge is -2.22. The van der Waals surface area contributed by atoms with Crippen molar-refractivity contribution in [3.8, 4) is 0 Å². The zero-order valence-electron chi connectivity index (χ0n) is 15.7. The predicted octanol–water partition coefficient (Wildman–Crippen LogP) is 2.90. The van der Waals surface area contributed by atoms with Gasteiger partial charge in [0.1, 0.15) is 11.7 Å². The van der Waals surface area contributed by atoms with Crippen LogP contribution in [0.5, 0.6) is 0 Å². The molecule has 8 heteroatoms. The highest BCUT2D eigenvalue weighted by molar-refractivity contribution is 7.89. The number of oxazole rings is 1. The molecule has 2 aromatic rings. The largest absolute Gasteiger partial charge is 0.423 e. The summed E-state index contributed by atoms with van der Waals surface area (Å²) in [6.07, 6.45) is 2.77. The van der Waals surface area contributed by atoms with Gasteiger partial charge < -0.3 is 14.1 Å². The average molecular weight is 381 g/mol. The molecule has 1 N–H and O–H groups in total. The van der Waals surface area contributed by atoms with Crippen molar-refractivity contribution in [1.29, 1.82) is 0 Å². The molecular weight excluding hydrogens is 354 g/mol. The maximum atomic E-state index is 11.8. The molecular formula is C18H27N3O4S. The van der Waals surface area contributed by atoms with Gasteiger partial charge in [-0.2, -0.15) is 9.71 Å². The van der Waals surface area contributed by atoms with Gasteiger partial charge in [0.05, 0.1) is 5.75 Å². The van der Waals surface area contributed by atoms with Gasteiger partial charge in [-0.25, -0.2) is 8.42 Å². The number of aromatic nitrogens is 1. The summed E-state index contributed by atoms with van der Waals surface area (Å²) in [7, 11) is 0.0560. The molecule has 0 fully saturated rings. The van der Waals surface area contributed by atoms with E-state index < -0.39 is 16.3 Å². The quantitative estimate of drug-likeness (QED) is 0.503. The van der Waals surface area contributed by atoms with Crippen LogP contribution in [-0.4, -0.2) is 46.1 Å². The Hall–Kier alpha value is -1.90. The number of sulfonamides is 1. The van der Waals surface area contributed by atoms with E-state index in [9.17, 15) is 8.42 Å². The highest BCUT2D eigenvalue weighted by Crippen LogP contribution is 2.22. The van der Waals surface area contributed by atoms with E-state index >= 15 is 0 Å². The molecule has 0 radical (unpaired) electrons. The molecule has 0 amide bonds. The molecule has 1 heterocycles. The molecule has 2 rings (SSSR count). The second-order valence-electron chi connectivity index (χ2n) is 6.04. The average Bonchev–Trinajstić information content (AvgIpc) is 3.05. The zero-order chi connectivity index (χ0) is 19.2. The number of anilines is 1. The third kappa shape index (κ3) is 5.55. The first-order valence-corrected chi connectivity index (χ1v) is 10.3. The van der Waals surface area contributed by atoms with Gasteiger partial charge in [0, 0.05) is 27.1 Å². The Morgan fingerprint density at radius 3 is 2.73 bits per heavy atom. The summed E-state index contributed by atoms with van der Waals surface area (Å²) in [5.74, 6) is 0.0164. The number of ether oxygens (including phenoxy) is 1. The lowest BCUT2D eigenvalue weighted by Crippen LogP contribution is -2.38. The van der Waals surface area contributed by atoms with Crippen molar-refractivity contribution in [3.05, 3.63) is 35.9 Å². The van der Waals surface area contributed by atoms with Gasteiger partial charge in [0.25, 0.3) is 6.01 Å². The van der Waals surface area contributed by atoms with Crippen LogP contribution >= 0.6 is 0 Å². The Kier molecular flexibility index (Phi) is 7.19.